The number of hydrogen-bond donors (Lipinski definition) is 0. The van der Waals surface area contributed by atoms with E-state index in [0.717, 1.165) is 4.83 Å². The summed E-state index contributed by atoms with van der Waals surface area (Å²) in [6, 6.07) is 2.09. The van der Waals surface area contributed by atoms with Gasteiger partial charge in [-0.3, -0.25) is 0 Å². The molecular weight excluding hydrogens is 138 g/mol. The van der Waals surface area contributed by atoms with Crippen LogP contribution in [-0.4, -0.2) is 4.37 Å². The van der Waals surface area contributed by atoms with Crippen LogP contribution in [0.15, 0.2) is 16.8 Å². The Morgan fingerprint density at radius 3 is 3.38 bits per heavy atom. The molecule has 0 N–H and O–H groups in total. The topological polar surface area (TPSA) is 12.9 Å². The van der Waals surface area contributed by atoms with E-state index in [-0.39, 0.29) is 0 Å². The molecule has 1 nitrogen and oxygen atoms in total. The Kier molecular flexibility index (Phi) is 0.856. The second-order valence-electron chi connectivity index (χ2n) is 1.50. The van der Waals surface area contributed by atoms with E-state index in [2.05, 4.69) is 21.2 Å². The van der Waals surface area contributed by atoms with E-state index >= 15 is 0 Å². The maximum Gasteiger partial charge on any atom is 0.137 e. The lowest BCUT2D eigenvalue weighted by atomic mass is 10.5. The highest BCUT2D eigenvalue weighted by atomic mass is 32.1. The van der Waals surface area contributed by atoms with Crippen LogP contribution in [0.5, 0.6) is 0 Å². The average Bonchev–Trinajstić information content (AvgIpc) is 2.15. The van der Waals surface area contributed by atoms with Gasteiger partial charge in [0, 0.05) is 10.8 Å². The molecule has 0 aromatic carbocycles. The van der Waals surface area contributed by atoms with Crippen molar-refractivity contribution in [1.29, 1.82) is 0 Å². The van der Waals surface area contributed by atoms with Crippen molar-refractivity contribution < 1.29 is 0 Å². The predicted molar refractivity (Wildman–Crippen MR) is 37.5 cm³/mol. The van der Waals surface area contributed by atoms with Crippen LogP contribution in [-0.2, 0) is 0 Å². The Hall–Kier alpha value is -0.410. The van der Waals surface area contributed by atoms with Crippen LogP contribution < -0.4 is 0 Å². The molecule has 2 rings (SSSR count). The minimum absolute atomic E-state index is 1.16. The van der Waals surface area contributed by atoms with Gasteiger partial charge in [-0.15, -0.1) is 11.3 Å². The molecule has 8 heavy (non-hydrogen) atoms. The SMILES string of the molecule is c1cc2csnc2s1. The molecule has 0 aliphatic heterocycles. The molecule has 0 atom stereocenters. The van der Waals surface area contributed by atoms with Gasteiger partial charge in [-0.2, -0.15) is 4.37 Å². The van der Waals surface area contributed by atoms with Crippen LogP contribution in [0.1, 0.15) is 0 Å². The lowest BCUT2D eigenvalue weighted by Gasteiger charge is -1.61. The summed E-state index contributed by atoms with van der Waals surface area (Å²) in [5.74, 6) is 0. The number of nitrogens with zero attached hydrogens (tertiary/aromatic N) is 1. The van der Waals surface area contributed by atoms with Crippen LogP contribution in [0, 0.1) is 0 Å². The van der Waals surface area contributed by atoms with Gasteiger partial charge in [0.05, 0.1) is 0 Å². The van der Waals surface area contributed by atoms with Crippen LogP contribution in [0.2, 0.25) is 0 Å². The summed E-state index contributed by atoms with van der Waals surface area (Å²) in [6.45, 7) is 0. The molecule has 0 aliphatic rings. The Morgan fingerprint density at radius 1 is 1.50 bits per heavy atom. The third kappa shape index (κ3) is 0.485. The van der Waals surface area contributed by atoms with Crippen molar-refractivity contribution in [3.8, 4) is 0 Å². The lowest BCUT2D eigenvalue weighted by molar-refractivity contribution is 1.76. The van der Waals surface area contributed by atoms with Crippen LogP contribution in [0.25, 0.3) is 10.2 Å². The van der Waals surface area contributed by atoms with Gasteiger partial charge >= 0.3 is 0 Å². The van der Waals surface area contributed by atoms with Gasteiger partial charge in [0.15, 0.2) is 0 Å². The fourth-order valence-electron chi connectivity index (χ4n) is 0.606. The normalized spacial score (nSPS) is 10.5. The summed E-state index contributed by atoms with van der Waals surface area (Å²) >= 11 is 3.21. The van der Waals surface area contributed by atoms with Crippen molar-refractivity contribution in [2.75, 3.05) is 0 Å². The van der Waals surface area contributed by atoms with Crippen molar-refractivity contribution in [1.82, 2.24) is 4.37 Å². The zero-order valence-corrected chi connectivity index (χ0v) is 5.63. The van der Waals surface area contributed by atoms with E-state index in [1.54, 1.807) is 11.3 Å². The molecule has 0 fully saturated rings. The molecule has 0 radical (unpaired) electrons. The summed E-state index contributed by atoms with van der Waals surface area (Å²) in [5, 5.41) is 5.40. The first-order chi connectivity index (χ1) is 3.97. The fraction of sp³-hybridized carbons (Fsp3) is 0. The Labute approximate surface area is 54.8 Å². The third-order valence-corrected chi connectivity index (χ3v) is 2.57. The van der Waals surface area contributed by atoms with Crippen molar-refractivity contribution in [2.24, 2.45) is 0 Å². The quantitative estimate of drug-likeness (QED) is 0.549. The van der Waals surface area contributed by atoms with Gasteiger partial charge in [0.2, 0.25) is 0 Å². The van der Waals surface area contributed by atoms with Crippen LogP contribution in [0.3, 0.4) is 0 Å². The number of rotatable bonds is 0. The zero-order chi connectivity index (χ0) is 5.40. The number of thiophene rings is 1. The predicted octanol–water partition coefficient (Wildman–Crippen LogP) is 2.36. The molecule has 0 saturated heterocycles. The van der Waals surface area contributed by atoms with E-state index in [1.807, 2.05) is 0 Å². The Bertz CT molecular complexity index is 232. The van der Waals surface area contributed by atoms with E-state index < -0.39 is 0 Å². The van der Waals surface area contributed by atoms with Crippen LogP contribution >= 0.6 is 22.9 Å². The third-order valence-electron chi connectivity index (χ3n) is 0.990. The molecule has 2 aromatic rings. The molecular formula is C5H3NS2. The van der Waals surface area contributed by atoms with E-state index in [9.17, 15) is 0 Å². The Morgan fingerprint density at radius 2 is 2.50 bits per heavy atom. The summed E-state index contributed by atoms with van der Waals surface area (Å²) < 4.78 is 4.14. The highest BCUT2D eigenvalue weighted by Crippen LogP contribution is 2.19. The standard InChI is InChI=1S/C5H3NS2/c1-2-7-5-4(1)3-8-6-5/h1-3H. The minimum Gasteiger partial charge on any atom is -0.182 e. The monoisotopic (exact) mass is 141 g/mol. The molecule has 0 spiro atoms. The zero-order valence-electron chi connectivity index (χ0n) is 4.00. The maximum absolute atomic E-state index is 4.14. The first-order valence-corrected chi connectivity index (χ1v) is 3.96. The van der Waals surface area contributed by atoms with Crippen LogP contribution in [0.4, 0.5) is 0 Å². The second kappa shape index (κ2) is 1.53. The second-order valence-corrected chi connectivity index (χ2v) is 3.02. The molecule has 0 amide bonds. The van der Waals surface area contributed by atoms with E-state index in [0.29, 0.717) is 0 Å². The van der Waals surface area contributed by atoms with E-state index in [1.165, 1.54) is 16.9 Å². The molecule has 3 heteroatoms. The summed E-state index contributed by atoms with van der Waals surface area (Å²) in [5.41, 5.74) is 0. The highest BCUT2D eigenvalue weighted by molar-refractivity contribution is 7.19. The number of aromatic nitrogens is 1. The first kappa shape index (κ1) is 4.47. The largest absolute Gasteiger partial charge is 0.182 e. The Balaban J connectivity index is 3.06. The summed E-state index contributed by atoms with van der Waals surface area (Å²) in [6.07, 6.45) is 0. The molecule has 2 heterocycles. The average molecular weight is 141 g/mol. The van der Waals surface area contributed by atoms with Gasteiger partial charge in [-0.05, 0) is 23.0 Å². The van der Waals surface area contributed by atoms with E-state index in [4.69, 9.17) is 0 Å². The van der Waals surface area contributed by atoms with Crippen molar-refractivity contribution in [2.45, 2.75) is 0 Å². The summed E-state index contributed by atoms with van der Waals surface area (Å²) in [4.78, 5) is 1.16. The van der Waals surface area contributed by atoms with Gasteiger partial charge in [-0.1, -0.05) is 0 Å². The van der Waals surface area contributed by atoms with Gasteiger partial charge < -0.3 is 0 Å². The maximum atomic E-state index is 4.14. The molecule has 0 saturated carbocycles. The molecule has 0 bridgehead atoms. The molecule has 2 aromatic heterocycles. The van der Waals surface area contributed by atoms with Gasteiger partial charge in [0.25, 0.3) is 0 Å². The fourth-order valence-corrected chi connectivity index (χ4v) is 2.15. The van der Waals surface area contributed by atoms with Gasteiger partial charge in [0.1, 0.15) is 4.83 Å². The minimum atomic E-state index is 1.16. The van der Waals surface area contributed by atoms with Crippen molar-refractivity contribution in [3.05, 3.63) is 16.8 Å². The molecule has 0 unspecified atom stereocenters. The van der Waals surface area contributed by atoms with Gasteiger partial charge in [-0.25, -0.2) is 0 Å². The van der Waals surface area contributed by atoms with Crippen molar-refractivity contribution in [3.63, 3.8) is 0 Å². The number of hydrogen-bond acceptors (Lipinski definition) is 3. The molecule has 40 valence electrons. The lowest BCUT2D eigenvalue weighted by Crippen LogP contribution is -1.43. The van der Waals surface area contributed by atoms with Crippen molar-refractivity contribution >= 4 is 33.1 Å². The smallest absolute Gasteiger partial charge is 0.137 e. The number of fused-ring (bicyclic) bond motifs is 1. The molecule has 0 aliphatic carbocycles. The first-order valence-electron chi connectivity index (χ1n) is 2.24. The highest BCUT2D eigenvalue weighted by Gasteiger charge is 1.92. The summed E-state index contributed by atoms with van der Waals surface area (Å²) in [7, 11) is 0.